The molecule has 0 radical (unpaired) electrons. The van der Waals surface area contributed by atoms with E-state index < -0.39 is 5.91 Å². The standard InChI is InChI=1S/C20H28N2O3/c1-3-4-5-10-17-19(15-8-6-9-16(24)13-15)18(20(21)25)14(2)22(17)11-7-12-23/h6,8-9,13,23-24H,3-5,7,10-12H2,1-2H3,(H2,21,25). The van der Waals surface area contributed by atoms with Gasteiger partial charge in [0.1, 0.15) is 5.75 Å². The Morgan fingerprint density at radius 2 is 2.00 bits per heavy atom. The summed E-state index contributed by atoms with van der Waals surface area (Å²) in [5.74, 6) is -0.302. The van der Waals surface area contributed by atoms with E-state index in [1.54, 1.807) is 18.2 Å². The quantitative estimate of drug-likeness (QED) is 0.609. The van der Waals surface area contributed by atoms with Gasteiger partial charge in [0.25, 0.3) is 5.91 Å². The zero-order valence-corrected chi connectivity index (χ0v) is 15.1. The summed E-state index contributed by atoms with van der Waals surface area (Å²) in [5, 5.41) is 19.1. The number of rotatable bonds is 9. The number of carbonyl (C=O) groups excluding carboxylic acids is 1. The van der Waals surface area contributed by atoms with Gasteiger partial charge in [0, 0.05) is 30.1 Å². The summed E-state index contributed by atoms with van der Waals surface area (Å²) in [6, 6.07) is 6.94. The van der Waals surface area contributed by atoms with Crippen LogP contribution in [0.1, 0.15) is 54.4 Å². The van der Waals surface area contributed by atoms with E-state index in [0.717, 1.165) is 48.2 Å². The average Bonchev–Trinajstić information content (AvgIpc) is 2.85. The molecule has 4 N–H and O–H groups in total. The number of phenolic OH excluding ortho intramolecular Hbond substituents is 1. The van der Waals surface area contributed by atoms with Crippen LogP contribution >= 0.6 is 0 Å². The molecule has 0 atom stereocenters. The third-order valence-electron chi connectivity index (χ3n) is 4.57. The summed E-state index contributed by atoms with van der Waals surface area (Å²) >= 11 is 0. The minimum absolute atomic E-state index is 0.0966. The number of aromatic nitrogens is 1. The second-order valence-electron chi connectivity index (χ2n) is 6.38. The lowest BCUT2D eigenvalue weighted by molar-refractivity contribution is 0.1000. The lowest BCUT2D eigenvalue weighted by Gasteiger charge is -2.13. The molecule has 2 rings (SSSR count). The molecular formula is C20H28N2O3. The van der Waals surface area contributed by atoms with E-state index in [4.69, 9.17) is 5.73 Å². The molecule has 25 heavy (non-hydrogen) atoms. The molecule has 1 aromatic carbocycles. The third kappa shape index (κ3) is 4.23. The molecule has 1 amide bonds. The number of phenols is 1. The Morgan fingerprint density at radius 3 is 2.60 bits per heavy atom. The largest absolute Gasteiger partial charge is 0.508 e. The molecule has 5 nitrogen and oxygen atoms in total. The van der Waals surface area contributed by atoms with Crippen LogP contribution in [0.15, 0.2) is 24.3 Å². The number of aliphatic hydroxyl groups excluding tert-OH is 1. The second-order valence-corrected chi connectivity index (χ2v) is 6.38. The van der Waals surface area contributed by atoms with Crippen LogP contribution in [0.25, 0.3) is 11.1 Å². The molecule has 0 unspecified atom stereocenters. The summed E-state index contributed by atoms with van der Waals surface area (Å²) in [6.07, 6.45) is 4.69. The Morgan fingerprint density at radius 1 is 1.24 bits per heavy atom. The van der Waals surface area contributed by atoms with Crippen molar-refractivity contribution in [3.8, 4) is 16.9 Å². The Kier molecular flexibility index (Phi) is 6.65. The zero-order valence-electron chi connectivity index (χ0n) is 15.1. The summed E-state index contributed by atoms with van der Waals surface area (Å²) in [6.45, 7) is 4.79. The summed E-state index contributed by atoms with van der Waals surface area (Å²) in [5.41, 5.74) is 9.69. The summed E-state index contributed by atoms with van der Waals surface area (Å²) < 4.78 is 2.10. The van der Waals surface area contributed by atoms with E-state index >= 15 is 0 Å². The molecule has 2 aromatic rings. The number of hydrogen-bond acceptors (Lipinski definition) is 3. The van der Waals surface area contributed by atoms with Gasteiger partial charge in [0.05, 0.1) is 5.56 Å². The van der Waals surface area contributed by atoms with Crippen molar-refractivity contribution >= 4 is 5.91 Å². The van der Waals surface area contributed by atoms with Crippen molar-refractivity contribution < 1.29 is 15.0 Å². The van der Waals surface area contributed by atoms with Crippen LogP contribution in [0.2, 0.25) is 0 Å². The first-order valence-corrected chi connectivity index (χ1v) is 8.93. The maximum absolute atomic E-state index is 12.2. The molecule has 0 aliphatic rings. The van der Waals surface area contributed by atoms with Crippen molar-refractivity contribution in [3.63, 3.8) is 0 Å². The van der Waals surface area contributed by atoms with Gasteiger partial charge in [0.2, 0.25) is 0 Å². The molecule has 0 saturated carbocycles. The Hall–Kier alpha value is -2.27. The first kappa shape index (κ1) is 19.1. The van der Waals surface area contributed by atoms with Crippen LogP contribution in [-0.4, -0.2) is 27.3 Å². The smallest absolute Gasteiger partial charge is 0.251 e. The number of carbonyl (C=O) groups is 1. The van der Waals surface area contributed by atoms with Crippen molar-refractivity contribution in [1.82, 2.24) is 4.57 Å². The van der Waals surface area contributed by atoms with Crippen LogP contribution in [0, 0.1) is 6.92 Å². The van der Waals surface area contributed by atoms with Crippen LogP contribution in [0.4, 0.5) is 0 Å². The van der Waals surface area contributed by atoms with Crippen molar-refractivity contribution in [3.05, 3.63) is 41.2 Å². The number of aromatic hydroxyl groups is 1. The molecule has 136 valence electrons. The fraction of sp³-hybridized carbons (Fsp3) is 0.450. The average molecular weight is 344 g/mol. The second kappa shape index (κ2) is 8.72. The molecule has 0 bridgehead atoms. The predicted octanol–water partition coefficient (Wildman–Crippen LogP) is 3.38. The summed E-state index contributed by atoms with van der Waals surface area (Å²) in [7, 11) is 0. The van der Waals surface area contributed by atoms with Gasteiger partial charge < -0.3 is 20.5 Å². The molecule has 5 heteroatoms. The van der Waals surface area contributed by atoms with Crippen molar-refractivity contribution in [2.75, 3.05) is 6.61 Å². The minimum Gasteiger partial charge on any atom is -0.508 e. The number of nitrogens with two attached hydrogens (primary N) is 1. The number of amides is 1. The lowest BCUT2D eigenvalue weighted by atomic mass is 9.97. The van der Waals surface area contributed by atoms with Crippen LogP contribution in [0.3, 0.4) is 0 Å². The number of nitrogens with zero attached hydrogens (tertiary/aromatic N) is 1. The summed E-state index contributed by atoms with van der Waals surface area (Å²) in [4.78, 5) is 12.2. The molecule has 1 heterocycles. The highest BCUT2D eigenvalue weighted by Crippen LogP contribution is 2.35. The maximum Gasteiger partial charge on any atom is 0.251 e. The zero-order chi connectivity index (χ0) is 18.4. The molecule has 0 aliphatic carbocycles. The monoisotopic (exact) mass is 344 g/mol. The van der Waals surface area contributed by atoms with Crippen LogP contribution in [-0.2, 0) is 13.0 Å². The number of benzene rings is 1. The molecule has 0 fully saturated rings. The van der Waals surface area contributed by atoms with Gasteiger partial charge in [-0.25, -0.2) is 0 Å². The van der Waals surface area contributed by atoms with E-state index in [0.29, 0.717) is 18.5 Å². The Balaban J connectivity index is 2.65. The lowest BCUT2D eigenvalue weighted by Crippen LogP contribution is -2.13. The van der Waals surface area contributed by atoms with Gasteiger partial charge >= 0.3 is 0 Å². The minimum atomic E-state index is -0.463. The van der Waals surface area contributed by atoms with Gasteiger partial charge in [-0.05, 0) is 43.9 Å². The maximum atomic E-state index is 12.2. The van der Waals surface area contributed by atoms with Gasteiger partial charge in [0.15, 0.2) is 0 Å². The molecule has 0 aliphatic heterocycles. The Labute approximate surface area is 149 Å². The number of hydrogen-bond donors (Lipinski definition) is 3. The van der Waals surface area contributed by atoms with E-state index in [2.05, 4.69) is 11.5 Å². The van der Waals surface area contributed by atoms with E-state index in [-0.39, 0.29) is 12.4 Å². The highest BCUT2D eigenvalue weighted by Gasteiger charge is 2.24. The first-order chi connectivity index (χ1) is 12.0. The van der Waals surface area contributed by atoms with Gasteiger partial charge in [-0.15, -0.1) is 0 Å². The molecule has 0 saturated heterocycles. The van der Waals surface area contributed by atoms with Crippen molar-refractivity contribution in [1.29, 1.82) is 0 Å². The third-order valence-corrected chi connectivity index (χ3v) is 4.57. The highest BCUT2D eigenvalue weighted by molar-refractivity contribution is 6.02. The number of unbranched alkanes of at least 4 members (excludes halogenated alkanes) is 2. The van der Waals surface area contributed by atoms with Crippen LogP contribution < -0.4 is 5.73 Å². The fourth-order valence-corrected chi connectivity index (χ4v) is 3.41. The topological polar surface area (TPSA) is 88.5 Å². The molecule has 1 aromatic heterocycles. The van der Waals surface area contributed by atoms with Crippen LogP contribution in [0.5, 0.6) is 5.75 Å². The number of primary amides is 1. The van der Waals surface area contributed by atoms with Gasteiger partial charge in [-0.1, -0.05) is 31.9 Å². The number of aliphatic hydroxyl groups is 1. The van der Waals surface area contributed by atoms with Crippen molar-refractivity contribution in [2.45, 2.75) is 52.5 Å². The van der Waals surface area contributed by atoms with Crippen molar-refractivity contribution in [2.24, 2.45) is 5.73 Å². The highest BCUT2D eigenvalue weighted by atomic mass is 16.3. The van der Waals surface area contributed by atoms with E-state index in [1.165, 1.54) is 0 Å². The first-order valence-electron chi connectivity index (χ1n) is 8.93. The SMILES string of the molecule is CCCCCc1c(-c2cccc(O)c2)c(C(N)=O)c(C)n1CCCO. The predicted molar refractivity (Wildman–Crippen MR) is 99.7 cm³/mol. The van der Waals surface area contributed by atoms with Gasteiger partial charge in [-0.3, -0.25) is 4.79 Å². The van der Waals surface area contributed by atoms with Gasteiger partial charge in [-0.2, -0.15) is 0 Å². The molecular weight excluding hydrogens is 316 g/mol. The van der Waals surface area contributed by atoms with E-state index in [9.17, 15) is 15.0 Å². The van der Waals surface area contributed by atoms with E-state index in [1.807, 2.05) is 13.0 Å². The molecule has 0 spiro atoms. The normalized spacial score (nSPS) is 11.0. The Bertz CT molecular complexity index is 735. The fourth-order valence-electron chi connectivity index (χ4n) is 3.41.